The first kappa shape index (κ1) is 17.2. The van der Waals surface area contributed by atoms with Crippen LogP contribution in [0.5, 0.6) is 5.75 Å². The summed E-state index contributed by atoms with van der Waals surface area (Å²) in [5.41, 5.74) is 6.39. The van der Waals surface area contributed by atoms with Gasteiger partial charge in [-0.15, -0.1) is 12.4 Å². The minimum atomic E-state index is -0.985. The molecule has 0 aliphatic rings. The van der Waals surface area contributed by atoms with E-state index in [4.69, 9.17) is 15.6 Å². The third-order valence-electron chi connectivity index (χ3n) is 2.04. The van der Waals surface area contributed by atoms with Gasteiger partial charge in [0.05, 0.1) is 14.3 Å². The molecule has 0 heterocycles. The molecule has 1 aromatic rings. The molecule has 0 fully saturated rings. The van der Waals surface area contributed by atoms with Crippen LogP contribution >= 0.6 is 57.6 Å². The molecule has 1 unspecified atom stereocenters. The Labute approximate surface area is 133 Å². The summed E-state index contributed by atoms with van der Waals surface area (Å²) in [5, 5.41) is 8.73. The van der Waals surface area contributed by atoms with Crippen molar-refractivity contribution in [2.24, 2.45) is 5.73 Å². The average molecular weight is 483 g/mol. The van der Waals surface area contributed by atoms with Gasteiger partial charge in [0, 0.05) is 0 Å². The minimum Gasteiger partial charge on any atom is -0.495 e. The van der Waals surface area contributed by atoms with Crippen LogP contribution in [0.25, 0.3) is 0 Å². The van der Waals surface area contributed by atoms with Gasteiger partial charge in [0.1, 0.15) is 11.8 Å². The quantitative estimate of drug-likeness (QED) is 0.645. The Kier molecular flexibility index (Phi) is 7.68. The van der Waals surface area contributed by atoms with Crippen molar-refractivity contribution in [3.63, 3.8) is 0 Å². The molecule has 1 rings (SSSR count). The highest BCUT2D eigenvalue weighted by Crippen LogP contribution is 2.28. The van der Waals surface area contributed by atoms with Crippen LogP contribution in [-0.2, 0) is 11.2 Å². The molecule has 0 aliphatic carbocycles. The maximum Gasteiger partial charge on any atom is 0.320 e. The van der Waals surface area contributed by atoms with Crippen LogP contribution < -0.4 is 10.5 Å². The van der Waals surface area contributed by atoms with Gasteiger partial charge in [-0.3, -0.25) is 4.79 Å². The lowest BCUT2D eigenvalue weighted by molar-refractivity contribution is -0.138. The zero-order valence-corrected chi connectivity index (χ0v) is 14.1. The normalized spacial score (nSPS) is 11.5. The highest BCUT2D eigenvalue weighted by Gasteiger charge is 2.14. The Hall–Kier alpha value is 0.200. The van der Waals surface area contributed by atoms with Crippen LogP contribution in [0, 0.1) is 7.14 Å². The summed E-state index contributed by atoms with van der Waals surface area (Å²) < 4.78 is 7.14. The van der Waals surface area contributed by atoms with Crippen molar-refractivity contribution in [1.29, 1.82) is 0 Å². The van der Waals surface area contributed by atoms with Crippen LogP contribution in [0.1, 0.15) is 5.56 Å². The van der Waals surface area contributed by atoms with Crippen LogP contribution in [0.4, 0.5) is 0 Å². The van der Waals surface area contributed by atoms with Gasteiger partial charge in [0.25, 0.3) is 0 Å². The van der Waals surface area contributed by atoms with Crippen molar-refractivity contribution in [2.75, 3.05) is 7.11 Å². The Morgan fingerprint density at radius 3 is 2.29 bits per heavy atom. The zero-order valence-electron chi connectivity index (χ0n) is 8.94. The molecule has 4 nitrogen and oxygen atoms in total. The summed E-state index contributed by atoms with van der Waals surface area (Å²) in [6.45, 7) is 0. The molecule has 0 amide bonds. The second-order valence-corrected chi connectivity index (χ2v) is 5.57. The molecular formula is C10H12ClI2NO3. The molecule has 0 spiro atoms. The van der Waals surface area contributed by atoms with Crippen molar-refractivity contribution in [2.45, 2.75) is 12.5 Å². The molecule has 0 aromatic heterocycles. The van der Waals surface area contributed by atoms with Crippen molar-refractivity contribution in [3.8, 4) is 5.75 Å². The van der Waals surface area contributed by atoms with Crippen LogP contribution in [0.3, 0.4) is 0 Å². The van der Waals surface area contributed by atoms with E-state index in [1.54, 1.807) is 7.11 Å². The molecule has 0 radical (unpaired) electrons. The second-order valence-electron chi connectivity index (χ2n) is 3.24. The number of ether oxygens (including phenoxy) is 1. The lowest BCUT2D eigenvalue weighted by Crippen LogP contribution is -2.32. The topological polar surface area (TPSA) is 72.5 Å². The van der Waals surface area contributed by atoms with Gasteiger partial charge in [-0.2, -0.15) is 0 Å². The van der Waals surface area contributed by atoms with Gasteiger partial charge in [-0.25, -0.2) is 0 Å². The van der Waals surface area contributed by atoms with E-state index in [2.05, 4.69) is 45.2 Å². The molecule has 96 valence electrons. The average Bonchev–Trinajstić information content (AvgIpc) is 2.16. The van der Waals surface area contributed by atoms with Crippen molar-refractivity contribution in [3.05, 3.63) is 24.8 Å². The predicted molar refractivity (Wildman–Crippen MR) is 85.0 cm³/mol. The Bertz CT molecular complexity index is 392. The standard InChI is InChI=1S/C10H11I2NO3.ClH/c1-16-9-6(11)2-5(3-7(9)12)4-8(13)10(14)15;/h2-3,8H,4,13H2,1H3,(H,14,15);1H. The highest BCUT2D eigenvalue weighted by atomic mass is 127. The highest BCUT2D eigenvalue weighted by molar-refractivity contribution is 14.1. The SMILES string of the molecule is COc1c(I)cc(CC(N)C(=O)O)cc1I.Cl. The zero-order chi connectivity index (χ0) is 12.3. The van der Waals surface area contributed by atoms with E-state index in [-0.39, 0.29) is 12.4 Å². The van der Waals surface area contributed by atoms with Gasteiger partial charge in [-0.1, -0.05) is 0 Å². The maximum absolute atomic E-state index is 10.6. The van der Waals surface area contributed by atoms with Gasteiger partial charge in [0.2, 0.25) is 0 Å². The first-order chi connectivity index (χ1) is 7.45. The molecule has 3 N–H and O–H groups in total. The third-order valence-corrected chi connectivity index (χ3v) is 3.64. The maximum atomic E-state index is 10.6. The number of carbonyl (C=O) groups is 1. The smallest absolute Gasteiger partial charge is 0.320 e. The number of benzene rings is 1. The molecule has 1 aromatic carbocycles. The Balaban J connectivity index is 0.00000256. The molecule has 0 saturated carbocycles. The molecule has 0 bridgehead atoms. The lowest BCUT2D eigenvalue weighted by atomic mass is 10.1. The van der Waals surface area contributed by atoms with Gasteiger partial charge >= 0.3 is 5.97 Å². The number of halogens is 3. The summed E-state index contributed by atoms with van der Waals surface area (Å²) >= 11 is 4.32. The third kappa shape index (κ3) is 4.76. The number of hydrogen-bond donors (Lipinski definition) is 2. The van der Waals surface area contributed by atoms with Gasteiger partial charge in [-0.05, 0) is 69.3 Å². The molecule has 7 heteroatoms. The fourth-order valence-corrected chi connectivity index (χ4v) is 3.60. The van der Waals surface area contributed by atoms with Crippen molar-refractivity contribution < 1.29 is 14.6 Å². The second kappa shape index (κ2) is 7.59. The number of carboxylic acid groups (broad SMARTS) is 1. The van der Waals surface area contributed by atoms with E-state index in [1.807, 2.05) is 12.1 Å². The van der Waals surface area contributed by atoms with E-state index >= 15 is 0 Å². The van der Waals surface area contributed by atoms with Crippen molar-refractivity contribution >= 4 is 63.6 Å². The van der Waals surface area contributed by atoms with E-state index in [1.165, 1.54) is 0 Å². The van der Waals surface area contributed by atoms with Gasteiger partial charge in [0.15, 0.2) is 0 Å². The largest absolute Gasteiger partial charge is 0.495 e. The van der Waals surface area contributed by atoms with E-state index in [0.717, 1.165) is 18.5 Å². The van der Waals surface area contributed by atoms with E-state index in [9.17, 15) is 4.79 Å². The minimum absolute atomic E-state index is 0. The summed E-state index contributed by atoms with van der Waals surface area (Å²) in [7, 11) is 1.61. The summed E-state index contributed by atoms with van der Waals surface area (Å²) in [4.78, 5) is 10.6. The Morgan fingerprint density at radius 1 is 1.47 bits per heavy atom. The molecule has 1 atom stereocenters. The van der Waals surface area contributed by atoms with E-state index in [0.29, 0.717) is 6.42 Å². The van der Waals surface area contributed by atoms with Crippen LogP contribution in [0.15, 0.2) is 12.1 Å². The fraction of sp³-hybridized carbons (Fsp3) is 0.300. The van der Waals surface area contributed by atoms with Crippen LogP contribution in [-0.4, -0.2) is 24.2 Å². The summed E-state index contributed by atoms with van der Waals surface area (Å²) in [6, 6.07) is 2.93. The number of hydrogen-bond acceptors (Lipinski definition) is 3. The first-order valence-corrected chi connectivity index (χ1v) is 6.61. The van der Waals surface area contributed by atoms with Crippen LogP contribution in [0.2, 0.25) is 0 Å². The predicted octanol–water partition coefficient (Wildman–Crippen LogP) is 2.28. The summed E-state index contributed by atoms with van der Waals surface area (Å²) in [5.74, 6) is -0.172. The number of nitrogens with two attached hydrogens (primary N) is 1. The molecular weight excluding hydrogens is 471 g/mol. The molecule has 17 heavy (non-hydrogen) atoms. The lowest BCUT2D eigenvalue weighted by Gasteiger charge is -2.11. The number of methoxy groups -OCH3 is 1. The molecule has 0 aliphatic heterocycles. The van der Waals surface area contributed by atoms with E-state index < -0.39 is 12.0 Å². The number of rotatable bonds is 4. The summed E-state index contributed by atoms with van der Waals surface area (Å²) in [6.07, 6.45) is 0.325. The molecule has 0 saturated heterocycles. The monoisotopic (exact) mass is 483 g/mol. The number of carboxylic acids is 1. The number of aliphatic carboxylic acids is 1. The van der Waals surface area contributed by atoms with Gasteiger partial charge < -0.3 is 15.6 Å². The first-order valence-electron chi connectivity index (χ1n) is 4.46. The fourth-order valence-electron chi connectivity index (χ4n) is 1.27. The van der Waals surface area contributed by atoms with Crippen molar-refractivity contribution in [1.82, 2.24) is 0 Å². The Morgan fingerprint density at radius 2 is 1.94 bits per heavy atom.